The van der Waals surface area contributed by atoms with E-state index in [4.69, 9.17) is 34.8 Å². The summed E-state index contributed by atoms with van der Waals surface area (Å²) in [5.74, 6) is 0. The van der Waals surface area contributed by atoms with Gasteiger partial charge in [-0.3, -0.25) is 4.68 Å². The van der Waals surface area contributed by atoms with Crippen LogP contribution in [0.25, 0.3) is 0 Å². The molecule has 0 bridgehead atoms. The lowest BCUT2D eigenvalue weighted by atomic mass is 10.1. The van der Waals surface area contributed by atoms with Crippen LogP contribution in [0.5, 0.6) is 0 Å². The van der Waals surface area contributed by atoms with Crippen molar-refractivity contribution in [2.75, 3.05) is 6.54 Å². The lowest BCUT2D eigenvalue weighted by Crippen LogP contribution is -2.21. The predicted molar refractivity (Wildman–Crippen MR) is 86.1 cm³/mol. The zero-order valence-electron chi connectivity index (χ0n) is 11.7. The van der Waals surface area contributed by atoms with E-state index in [0.29, 0.717) is 33.9 Å². The van der Waals surface area contributed by atoms with Crippen LogP contribution in [0.3, 0.4) is 0 Å². The van der Waals surface area contributed by atoms with E-state index in [1.54, 1.807) is 29.9 Å². The number of aliphatic hydroxyl groups excluding tert-OH is 1. The number of rotatable bonds is 5. The molecule has 0 aliphatic heterocycles. The van der Waals surface area contributed by atoms with E-state index < -0.39 is 6.10 Å². The first kappa shape index (κ1) is 16.6. The van der Waals surface area contributed by atoms with Crippen LogP contribution in [0.15, 0.2) is 18.2 Å². The summed E-state index contributed by atoms with van der Waals surface area (Å²) in [6, 6.07) is 5.04. The largest absolute Gasteiger partial charge is 0.387 e. The van der Waals surface area contributed by atoms with Gasteiger partial charge in [-0.2, -0.15) is 5.10 Å². The molecule has 1 aromatic heterocycles. The van der Waals surface area contributed by atoms with Gasteiger partial charge in [-0.15, -0.1) is 0 Å². The van der Waals surface area contributed by atoms with Crippen molar-refractivity contribution in [3.63, 3.8) is 0 Å². The molecule has 7 heteroatoms. The van der Waals surface area contributed by atoms with Gasteiger partial charge in [0.15, 0.2) is 0 Å². The lowest BCUT2D eigenvalue weighted by molar-refractivity contribution is 0.174. The number of aryl methyl sites for hydroxylation is 2. The lowest BCUT2D eigenvalue weighted by Gasteiger charge is -2.14. The first-order valence-corrected chi connectivity index (χ1v) is 7.55. The third kappa shape index (κ3) is 3.90. The number of nitrogens with one attached hydrogen (secondary N) is 1. The Labute approximate surface area is 138 Å². The molecule has 1 unspecified atom stereocenters. The topological polar surface area (TPSA) is 50.1 Å². The van der Waals surface area contributed by atoms with Gasteiger partial charge in [0, 0.05) is 41.3 Å². The fourth-order valence-corrected chi connectivity index (χ4v) is 2.87. The summed E-state index contributed by atoms with van der Waals surface area (Å²) in [4.78, 5) is 0. The summed E-state index contributed by atoms with van der Waals surface area (Å²) >= 11 is 18.1. The quantitative estimate of drug-likeness (QED) is 0.869. The van der Waals surface area contributed by atoms with Gasteiger partial charge in [0.25, 0.3) is 0 Å². The highest BCUT2D eigenvalue weighted by molar-refractivity contribution is 6.35. The van der Waals surface area contributed by atoms with Crippen LogP contribution in [0.1, 0.15) is 22.9 Å². The Morgan fingerprint density at radius 2 is 2.05 bits per heavy atom. The summed E-state index contributed by atoms with van der Waals surface area (Å²) in [5, 5.41) is 19.2. The maximum Gasteiger partial charge on any atom is 0.131 e. The first-order valence-electron chi connectivity index (χ1n) is 6.42. The van der Waals surface area contributed by atoms with Crippen molar-refractivity contribution in [2.45, 2.75) is 19.6 Å². The smallest absolute Gasteiger partial charge is 0.131 e. The molecular formula is C14H16Cl3N3O. The molecular weight excluding hydrogens is 333 g/mol. The molecule has 1 heterocycles. The van der Waals surface area contributed by atoms with Gasteiger partial charge in [-0.05, 0) is 19.1 Å². The molecule has 0 saturated carbocycles. The van der Waals surface area contributed by atoms with Gasteiger partial charge in [-0.25, -0.2) is 0 Å². The zero-order valence-corrected chi connectivity index (χ0v) is 14.0. The molecule has 0 radical (unpaired) electrons. The number of hydrogen-bond donors (Lipinski definition) is 2. The highest BCUT2D eigenvalue weighted by Crippen LogP contribution is 2.26. The summed E-state index contributed by atoms with van der Waals surface area (Å²) in [6.07, 6.45) is -0.717. The maximum absolute atomic E-state index is 10.2. The van der Waals surface area contributed by atoms with Gasteiger partial charge in [-0.1, -0.05) is 40.9 Å². The predicted octanol–water partition coefficient (Wildman–Crippen LogP) is 3.51. The molecule has 0 amide bonds. The average Bonchev–Trinajstić information content (AvgIpc) is 2.64. The second kappa shape index (κ2) is 6.99. The van der Waals surface area contributed by atoms with Crippen molar-refractivity contribution in [3.05, 3.63) is 50.2 Å². The van der Waals surface area contributed by atoms with Crippen molar-refractivity contribution in [3.8, 4) is 0 Å². The minimum atomic E-state index is -0.717. The van der Waals surface area contributed by atoms with Crippen LogP contribution in [-0.2, 0) is 13.6 Å². The Morgan fingerprint density at radius 3 is 2.62 bits per heavy atom. The Balaban J connectivity index is 1.97. The summed E-state index contributed by atoms with van der Waals surface area (Å²) in [7, 11) is 1.79. The number of hydrogen-bond acceptors (Lipinski definition) is 3. The van der Waals surface area contributed by atoms with E-state index in [9.17, 15) is 5.11 Å². The minimum absolute atomic E-state index is 0.353. The number of nitrogens with zero attached hydrogens (tertiary/aromatic N) is 2. The molecule has 1 aromatic carbocycles. The third-order valence-corrected chi connectivity index (χ3v) is 4.27. The second-order valence-electron chi connectivity index (χ2n) is 4.79. The molecule has 0 fully saturated rings. The van der Waals surface area contributed by atoms with Crippen molar-refractivity contribution in [1.29, 1.82) is 0 Å². The van der Waals surface area contributed by atoms with Crippen LogP contribution < -0.4 is 5.32 Å². The Kier molecular flexibility index (Phi) is 5.52. The van der Waals surface area contributed by atoms with Crippen LogP contribution >= 0.6 is 34.8 Å². The standard InChI is InChI=1S/C14H16Cl3N3O/c1-8-11(14(17)20(2)19-8)6-18-7-13(21)10-4-3-9(15)5-12(10)16/h3-5,13,18,21H,6-7H2,1-2H3. The molecule has 2 N–H and O–H groups in total. The normalized spacial score (nSPS) is 12.7. The zero-order chi connectivity index (χ0) is 15.6. The second-order valence-corrected chi connectivity index (χ2v) is 5.99. The van der Waals surface area contributed by atoms with Crippen molar-refractivity contribution >= 4 is 34.8 Å². The summed E-state index contributed by atoms with van der Waals surface area (Å²) in [5.41, 5.74) is 2.44. The monoisotopic (exact) mass is 347 g/mol. The van der Waals surface area contributed by atoms with Gasteiger partial charge in [0.2, 0.25) is 0 Å². The number of aromatic nitrogens is 2. The van der Waals surface area contributed by atoms with E-state index in [-0.39, 0.29) is 0 Å². The van der Waals surface area contributed by atoms with Crippen molar-refractivity contribution < 1.29 is 5.11 Å². The SMILES string of the molecule is Cc1nn(C)c(Cl)c1CNCC(O)c1ccc(Cl)cc1Cl. The Morgan fingerprint density at radius 1 is 1.33 bits per heavy atom. The molecule has 0 aliphatic rings. The number of aliphatic hydroxyl groups is 1. The van der Waals surface area contributed by atoms with Gasteiger partial charge < -0.3 is 10.4 Å². The molecule has 2 rings (SSSR count). The van der Waals surface area contributed by atoms with Crippen LogP contribution in [0.2, 0.25) is 15.2 Å². The minimum Gasteiger partial charge on any atom is -0.387 e. The first-order chi connectivity index (χ1) is 9.90. The van der Waals surface area contributed by atoms with Crippen molar-refractivity contribution in [1.82, 2.24) is 15.1 Å². The Bertz CT molecular complexity index is 643. The average molecular weight is 349 g/mol. The van der Waals surface area contributed by atoms with Crippen LogP contribution in [0, 0.1) is 6.92 Å². The van der Waals surface area contributed by atoms with E-state index in [0.717, 1.165) is 11.3 Å². The summed E-state index contributed by atoms with van der Waals surface area (Å²) in [6.45, 7) is 2.78. The Hall–Kier alpha value is -0.780. The highest BCUT2D eigenvalue weighted by Gasteiger charge is 2.14. The van der Waals surface area contributed by atoms with Crippen molar-refractivity contribution in [2.24, 2.45) is 7.05 Å². The summed E-state index contributed by atoms with van der Waals surface area (Å²) < 4.78 is 1.63. The highest BCUT2D eigenvalue weighted by atomic mass is 35.5. The molecule has 0 aliphatic carbocycles. The van der Waals surface area contributed by atoms with E-state index in [1.807, 2.05) is 6.92 Å². The third-order valence-electron chi connectivity index (χ3n) is 3.23. The molecule has 4 nitrogen and oxygen atoms in total. The number of benzene rings is 1. The van der Waals surface area contributed by atoms with Gasteiger partial charge in [0.1, 0.15) is 5.15 Å². The molecule has 1 atom stereocenters. The van der Waals surface area contributed by atoms with Gasteiger partial charge >= 0.3 is 0 Å². The van der Waals surface area contributed by atoms with E-state index in [2.05, 4.69) is 10.4 Å². The molecule has 114 valence electrons. The van der Waals surface area contributed by atoms with E-state index in [1.165, 1.54) is 0 Å². The molecule has 21 heavy (non-hydrogen) atoms. The fourth-order valence-electron chi connectivity index (χ4n) is 2.09. The van der Waals surface area contributed by atoms with Crippen LogP contribution in [-0.4, -0.2) is 21.4 Å². The van der Waals surface area contributed by atoms with Crippen LogP contribution in [0.4, 0.5) is 0 Å². The van der Waals surface area contributed by atoms with Gasteiger partial charge in [0.05, 0.1) is 11.8 Å². The number of halogens is 3. The molecule has 0 saturated heterocycles. The fraction of sp³-hybridized carbons (Fsp3) is 0.357. The van der Waals surface area contributed by atoms with E-state index >= 15 is 0 Å². The molecule has 0 spiro atoms. The molecule has 2 aromatic rings. The maximum atomic E-state index is 10.2.